The second-order valence-electron chi connectivity index (χ2n) is 8.35. The van der Waals surface area contributed by atoms with Crippen molar-refractivity contribution in [3.63, 3.8) is 0 Å². The van der Waals surface area contributed by atoms with Crippen LogP contribution in [0, 0.1) is 47.2 Å². The van der Waals surface area contributed by atoms with E-state index in [1.807, 2.05) is 17.6 Å². The minimum absolute atomic E-state index is 0.0695. The smallest absolute Gasteiger partial charge is 0.249 e. The molecule has 0 bridgehead atoms. The monoisotopic (exact) mass is 421 g/mol. The predicted octanol–water partition coefficient (Wildman–Crippen LogP) is 3.79. The van der Waals surface area contributed by atoms with E-state index in [0.717, 1.165) is 37.9 Å². The molecule has 1 aromatic heterocycles. The average Bonchev–Trinajstić information content (AvgIpc) is 3.40. The first-order valence-corrected chi connectivity index (χ1v) is 10.6. The Morgan fingerprint density at radius 3 is 2.68 bits per heavy atom. The van der Waals surface area contributed by atoms with Crippen molar-refractivity contribution in [2.24, 2.45) is 11.8 Å². The van der Waals surface area contributed by atoms with Gasteiger partial charge in [-0.2, -0.15) is 10.5 Å². The van der Waals surface area contributed by atoms with Gasteiger partial charge in [0.1, 0.15) is 17.6 Å². The standard InChI is InChI=1S/C23H24FN5O2/c1-15-22(12-26)28(14-27-15)13-16-2-4-18(5-3-16)23(30)29-21(6-7-31-29)19-8-17(11-25)9-20(24)10-19/h8-10,14,16,18,21H,2-7,13H2,1H3/t16?,18?,21-/m0/s1. The normalized spacial score (nSPS) is 23.4. The van der Waals surface area contributed by atoms with Crippen molar-refractivity contribution in [2.45, 2.75) is 51.6 Å². The number of hydroxylamine groups is 2. The highest BCUT2D eigenvalue weighted by atomic mass is 19.1. The molecule has 4 rings (SSSR count). The number of carbonyl (C=O) groups excluding carboxylic acids is 1. The van der Waals surface area contributed by atoms with Crippen LogP contribution in [-0.4, -0.2) is 27.1 Å². The summed E-state index contributed by atoms with van der Waals surface area (Å²) in [6, 6.07) is 7.98. The van der Waals surface area contributed by atoms with E-state index in [0.29, 0.717) is 30.2 Å². The highest BCUT2D eigenvalue weighted by molar-refractivity contribution is 5.78. The van der Waals surface area contributed by atoms with Crippen molar-refractivity contribution in [2.75, 3.05) is 6.61 Å². The predicted molar refractivity (Wildman–Crippen MR) is 108 cm³/mol. The van der Waals surface area contributed by atoms with Gasteiger partial charge in [0, 0.05) is 18.9 Å². The third kappa shape index (κ3) is 4.30. The SMILES string of the molecule is Cc1ncn(CC2CCC(C(=O)N3OCC[C@H]3c3cc(F)cc(C#N)c3)CC2)c1C#N. The van der Waals surface area contributed by atoms with Crippen LogP contribution in [0.15, 0.2) is 24.5 Å². The lowest BCUT2D eigenvalue weighted by atomic mass is 9.81. The summed E-state index contributed by atoms with van der Waals surface area (Å²) in [4.78, 5) is 23.0. The number of aryl methyl sites for hydroxylation is 1. The van der Waals surface area contributed by atoms with Gasteiger partial charge >= 0.3 is 0 Å². The van der Waals surface area contributed by atoms with Gasteiger partial charge < -0.3 is 4.57 Å². The summed E-state index contributed by atoms with van der Waals surface area (Å²) in [6.07, 6.45) is 5.55. The number of imidazole rings is 1. The number of amides is 1. The Hall–Kier alpha value is -3.23. The molecule has 2 fully saturated rings. The number of hydrogen-bond donors (Lipinski definition) is 0. The number of nitrogens with zero attached hydrogens (tertiary/aromatic N) is 5. The van der Waals surface area contributed by atoms with Gasteiger partial charge in [0.25, 0.3) is 0 Å². The summed E-state index contributed by atoms with van der Waals surface area (Å²) in [6.45, 7) is 2.95. The van der Waals surface area contributed by atoms with Gasteiger partial charge in [0.2, 0.25) is 5.91 Å². The highest BCUT2D eigenvalue weighted by Gasteiger charge is 2.37. The van der Waals surface area contributed by atoms with Crippen LogP contribution in [0.5, 0.6) is 0 Å². The highest BCUT2D eigenvalue weighted by Crippen LogP contribution is 2.37. The van der Waals surface area contributed by atoms with Crippen molar-refractivity contribution < 1.29 is 14.0 Å². The Kier molecular flexibility index (Phi) is 6.01. The first-order chi connectivity index (χ1) is 15.0. The molecule has 1 aliphatic carbocycles. The maximum Gasteiger partial charge on any atom is 0.249 e. The van der Waals surface area contributed by atoms with Crippen LogP contribution in [0.3, 0.4) is 0 Å². The maximum absolute atomic E-state index is 13.9. The lowest BCUT2D eigenvalue weighted by molar-refractivity contribution is -0.183. The minimum Gasteiger partial charge on any atom is -0.322 e. The third-order valence-corrected chi connectivity index (χ3v) is 6.33. The van der Waals surface area contributed by atoms with Crippen LogP contribution < -0.4 is 0 Å². The molecule has 1 aliphatic heterocycles. The average molecular weight is 421 g/mol. The second kappa shape index (κ2) is 8.87. The van der Waals surface area contributed by atoms with Crippen molar-refractivity contribution in [3.8, 4) is 12.1 Å². The van der Waals surface area contributed by atoms with Gasteiger partial charge in [0.15, 0.2) is 0 Å². The molecule has 2 aliphatic rings. The zero-order chi connectivity index (χ0) is 22.0. The second-order valence-corrected chi connectivity index (χ2v) is 8.35. The number of benzene rings is 1. The summed E-state index contributed by atoms with van der Waals surface area (Å²) in [5.41, 5.74) is 2.16. The molecular weight excluding hydrogens is 397 g/mol. The molecule has 1 amide bonds. The Balaban J connectivity index is 1.40. The minimum atomic E-state index is -0.486. The van der Waals surface area contributed by atoms with Gasteiger partial charge in [-0.3, -0.25) is 9.63 Å². The molecule has 0 spiro atoms. The van der Waals surface area contributed by atoms with Gasteiger partial charge in [0.05, 0.1) is 36.3 Å². The van der Waals surface area contributed by atoms with Crippen LogP contribution >= 0.6 is 0 Å². The van der Waals surface area contributed by atoms with Crippen LogP contribution in [0.25, 0.3) is 0 Å². The quantitative estimate of drug-likeness (QED) is 0.749. The Labute approximate surface area is 180 Å². The van der Waals surface area contributed by atoms with Gasteiger partial charge in [-0.1, -0.05) is 0 Å². The molecule has 1 atom stereocenters. The maximum atomic E-state index is 13.9. The lowest BCUT2D eigenvalue weighted by Crippen LogP contribution is -2.37. The fourth-order valence-electron chi connectivity index (χ4n) is 4.68. The fourth-order valence-corrected chi connectivity index (χ4v) is 4.68. The summed E-state index contributed by atoms with van der Waals surface area (Å²) < 4.78 is 15.8. The van der Waals surface area contributed by atoms with Crippen molar-refractivity contribution in [3.05, 3.63) is 52.9 Å². The third-order valence-electron chi connectivity index (χ3n) is 6.33. The van der Waals surface area contributed by atoms with E-state index in [4.69, 9.17) is 10.1 Å². The molecule has 8 heteroatoms. The Bertz CT molecular complexity index is 1060. The molecule has 0 N–H and O–H groups in total. The van der Waals surface area contributed by atoms with E-state index < -0.39 is 5.82 Å². The number of carbonyl (C=O) groups is 1. The van der Waals surface area contributed by atoms with Crippen molar-refractivity contribution in [1.82, 2.24) is 14.6 Å². The number of halogens is 1. The van der Waals surface area contributed by atoms with Crippen molar-refractivity contribution >= 4 is 5.91 Å². The molecule has 0 radical (unpaired) electrons. The number of aromatic nitrogens is 2. The van der Waals surface area contributed by atoms with E-state index in [2.05, 4.69) is 11.1 Å². The van der Waals surface area contributed by atoms with E-state index >= 15 is 0 Å². The van der Waals surface area contributed by atoms with E-state index in [-0.39, 0.29) is 23.4 Å². The van der Waals surface area contributed by atoms with E-state index in [1.54, 1.807) is 12.4 Å². The molecular formula is C23H24FN5O2. The Morgan fingerprint density at radius 1 is 1.19 bits per heavy atom. The zero-order valence-electron chi connectivity index (χ0n) is 17.4. The largest absolute Gasteiger partial charge is 0.322 e. The molecule has 0 unspecified atom stereocenters. The lowest BCUT2D eigenvalue weighted by Gasteiger charge is -2.32. The van der Waals surface area contributed by atoms with E-state index in [1.165, 1.54) is 17.2 Å². The molecule has 1 saturated carbocycles. The Morgan fingerprint density at radius 2 is 1.97 bits per heavy atom. The van der Waals surface area contributed by atoms with Crippen molar-refractivity contribution in [1.29, 1.82) is 10.5 Å². The molecule has 2 heterocycles. The molecule has 7 nitrogen and oxygen atoms in total. The van der Waals surface area contributed by atoms with Gasteiger partial charge in [-0.25, -0.2) is 14.4 Å². The molecule has 1 saturated heterocycles. The van der Waals surface area contributed by atoms with Crippen LogP contribution in [0.1, 0.15) is 60.7 Å². The first-order valence-electron chi connectivity index (χ1n) is 10.6. The topological polar surface area (TPSA) is 94.9 Å². The summed E-state index contributed by atoms with van der Waals surface area (Å²) in [7, 11) is 0. The van der Waals surface area contributed by atoms with Crippen LogP contribution in [0.4, 0.5) is 4.39 Å². The van der Waals surface area contributed by atoms with Gasteiger partial charge in [-0.15, -0.1) is 0 Å². The van der Waals surface area contributed by atoms with Gasteiger partial charge in [-0.05, 0) is 62.3 Å². The summed E-state index contributed by atoms with van der Waals surface area (Å²) in [5, 5.41) is 19.8. The molecule has 160 valence electrons. The molecule has 31 heavy (non-hydrogen) atoms. The summed E-state index contributed by atoms with van der Waals surface area (Å²) >= 11 is 0. The fraction of sp³-hybridized carbons (Fsp3) is 0.478. The molecule has 2 aromatic rings. The molecule has 1 aromatic carbocycles. The van der Waals surface area contributed by atoms with Crippen LogP contribution in [0.2, 0.25) is 0 Å². The number of nitriles is 2. The number of hydrogen-bond acceptors (Lipinski definition) is 5. The first kappa shape index (κ1) is 21.0. The van der Waals surface area contributed by atoms with E-state index in [9.17, 15) is 14.4 Å². The van der Waals surface area contributed by atoms with Crippen LogP contribution in [-0.2, 0) is 16.2 Å². The zero-order valence-corrected chi connectivity index (χ0v) is 17.4. The number of rotatable bonds is 4. The summed E-state index contributed by atoms with van der Waals surface area (Å²) in [5.74, 6) is -0.303.